The molecule has 2 aromatic rings. The summed E-state index contributed by atoms with van der Waals surface area (Å²) < 4.78 is 18.1. The van der Waals surface area contributed by atoms with Gasteiger partial charge in [0.2, 0.25) is 0 Å². The Hall–Kier alpha value is -2.30. The number of aryl methyl sites for hydroxylation is 2. The van der Waals surface area contributed by atoms with Crippen molar-refractivity contribution in [1.82, 2.24) is 4.98 Å². The molecule has 0 bridgehead atoms. The average molecular weight is 275 g/mol. The van der Waals surface area contributed by atoms with Gasteiger partial charge in [-0.05, 0) is 39.0 Å². The summed E-state index contributed by atoms with van der Waals surface area (Å²) in [6.07, 6.45) is 0.956. The maximum Gasteiger partial charge on any atom is 0.191 e. The van der Waals surface area contributed by atoms with Gasteiger partial charge in [0, 0.05) is 0 Å². The van der Waals surface area contributed by atoms with Crippen LogP contribution in [0.5, 0.6) is 0 Å². The first kappa shape index (κ1) is 14.1. The van der Waals surface area contributed by atoms with Crippen LogP contribution in [0.2, 0.25) is 0 Å². The summed E-state index contributed by atoms with van der Waals surface area (Å²) >= 11 is 0. The fraction of sp³-hybridized carbons (Fsp3) is 0.267. The minimum absolute atomic E-state index is 0.0742. The maximum atomic E-state index is 12.8. The van der Waals surface area contributed by atoms with Gasteiger partial charge in [0.15, 0.2) is 11.6 Å². The van der Waals surface area contributed by atoms with Gasteiger partial charge in [-0.15, -0.1) is 0 Å². The first-order valence-corrected chi connectivity index (χ1v) is 6.17. The Morgan fingerprint density at radius 2 is 1.95 bits per heavy atom. The molecule has 0 aliphatic rings. The van der Waals surface area contributed by atoms with Crippen molar-refractivity contribution in [2.24, 2.45) is 5.92 Å². The van der Waals surface area contributed by atoms with Crippen LogP contribution in [0, 0.1) is 25.6 Å². The lowest BCUT2D eigenvalue weighted by Gasteiger charge is -2.08. The molecule has 2 heterocycles. The third kappa shape index (κ3) is 2.66. The number of furan rings is 1. The normalized spacial score (nSPS) is 12.2. The van der Waals surface area contributed by atoms with E-state index in [9.17, 15) is 14.0 Å². The van der Waals surface area contributed by atoms with Crippen molar-refractivity contribution < 1.29 is 18.4 Å². The number of hydrogen-bond donors (Lipinski definition) is 0. The molecular weight excluding hydrogens is 261 g/mol. The zero-order valence-corrected chi connectivity index (χ0v) is 11.4. The van der Waals surface area contributed by atoms with E-state index in [2.05, 4.69) is 4.98 Å². The SMILES string of the molecule is Cc1cc(C(=O)C(C)C(=O)c2ccc(F)cn2)c(C)o1. The predicted molar refractivity (Wildman–Crippen MR) is 70.2 cm³/mol. The Morgan fingerprint density at radius 1 is 1.25 bits per heavy atom. The Labute approximate surface area is 115 Å². The summed E-state index contributed by atoms with van der Waals surface area (Å²) in [6.45, 7) is 4.92. The zero-order chi connectivity index (χ0) is 14.9. The topological polar surface area (TPSA) is 60.2 Å². The first-order chi connectivity index (χ1) is 9.40. The lowest BCUT2D eigenvalue weighted by Crippen LogP contribution is -2.22. The van der Waals surface area contributed by atoms with Gasteiger partial charge >= 0.3 is 0 Å². The standard InChI is InChI=1S/C15H14FNO3/c1-8-6-12(10(3)20-8)14(18)9(2)15(19)13-5-4-11(16)7-17-13/h4-7,9H,1-3H3. The van der Waals surface area contributed by atoms with E-state index >= 15 is 0 Å². The van der Waals surface area contributed by atoms with Crippen LogP contribution in [-0.2, 0) is 0 Å². The molecular formula is C15H14FNO3. The summed E-state index contributed by atoms with van der Waals surface area (Å²) in [7, 11) is 0. The second kappa shape index (κ2) is 5.36. The van der Waals surface area contributed by atoms with Gasteiger partial charge in [0.25, 0.3) is 0 Å². The molecule has 2 rings (SSSR count). The Bertz CT molecular complexity index is 658. The van der Waals surface area contributed by atoms with Crippen LogP contribution in [0.25, 0.3) is 0 Å². The van der Waals surface area contributed by atoms with E-state index in [1.54, 1.807) is 19.9 Å². The highest BCUT2D eigenvalue weighted by Gasteiger charge is 2.27. The van der Waals surface area contributed by atoms with Crippen molar-refractivity contribution in [3.05, 3.63) is 53.0 Å². The monoisotopic (exact) mass is 275 g/mol. The molecule has 0 fully saturated rings. The number of Topliss-reactive ketones (excluding diaryl/α,β-unsaturated/α-hetero) is 2. The molecule has 0 radical (unpaired) electrons. The van der Waals surface area contributed by atoms with Gasteiger partial charge in [-0.3, -0.25) is 14.6 Å². The second-order valence-corrected chi connectivity index (χ2v) is 4.64. The quantitative estimate of drug-likeness (QED) is 0.635. The number of carbonyl (C=O) groups is 2. The van der Waals surface area contributed by atoms with E-state index in [0.717, 1.165) is 12.3 Å². The lowest BCUT2D eigenvalue weighted by molar-refractivity contribution is 0.0817. The fourth-order valence-electron chi connectivity index (χ4n) is 1.97. The molecule has 0 aliphatic heterocycles. The molecule has 0 aromatic carbocycles. The molecule has 1 unspecified atom stereocenters. The number of ketones is 2. The number of carbonyl (C=O) groups excluding carboxylic acids is 2. The van der Waals surface area contributed by atoms with Crippen LogP contribution in [0.1, 0.15) is 39.3 Å². The first-order valence-electron chi connectivity index (χ1n) is 6.17. The molecule has 0 aliphatic carbocycles. The predicted octanol–water partition coefficient (Wildman–Crippen LogP) is 3.13. The second-order valence-electron chi connectivity index (χ2n) is 4.64. The number of hydrogen-bond acceptors (Lipinski definition) is 4. The van der Waals surface area contributed by atoms with Gasteiger partial charge in [-0.25, -0.2) is 4.39 Å². The molecule has 0 N–H and O–H groups in total. The number of aromatic nitrogens is 1. The Balaban J connectivity index is 2.24. The number of pyridine rings is 1. The van der Waals surface area contributed by atoms with E-state index in [1.807, 2.05) is 0 Å². The van der Waals surface area contributed by atoms with Crippen LogP contribution in [0.3, 0.4) is 0 Å². The van der Waals surface area contributed by atoms with Crippen molar-refractivity contribution in [3.63, 3.8) is 0 Å². The van der Waals surface area contributed by atoms with Gasteiger partial charge in [-0.1, -0.05) is 0 Å². The molecule has 20 heavy (non-hydrogen) atoms. The molecule has 0 spiro atoms. The number of nitrogens with zero attached hydrogens (tertiary/aromatic N) is 1. The average Bonchev–Trinajstić information content (AvgIpc) is 2.76. The molecule has 5 heteroatoms. The number of halogens is 1. The van der Waals surface area contributed by atoms with Crippen LogP contribution in [-0.4, -0.2) is 16.6 Å². The number of rotatable bonds is 4. The molecule has 104 valence electrons. The van der Waals surface area contributed by atoms with Crippen molar-refractivity contribution in [3.8, 4) is 0 Å². The van der Waals surface area contributed by atoms with Crippen molar-refractivity contribution in [2.45, 2.75) is 20.8 Å². The highest BCUT2D eigenvalue weighted by Crippen LogP contribution is 2.20. The minimum Gasteiger partial charge on any atom is -0.466 e. The van der Waals surface area contributed by atoms with Gasteiger partial charge < -0.3 is 4.42 Å². The molecule has 0 amide bonds. The van der Waals surface area contributed by atoms with Crippen molar-refractivity contribution in [1.29, 1.82) is 0 Å². The van der Waals surface area contributed by atoms with Crippen LogP contribution in [0.15, 0.2) is 28.8 Å². The summed E-state index contributed by atoms with van der Waals surface area (Å²) in [5.74, 6) is -1.07. The van der Waals surface area contributed by atoms with Crippen LogP contribution >= 0.6 is 0 Å². The van der Waals surface area contributed by atoms with Gasteiger partial charge in [0.1, 0.15) is 23.0 Å². The maximum absolute atomic E-state index is 12.8. The molecule has 1 atom stereocenters. The third-order valence-corrected chi connectivity index (χ3v) is 3.07. The lowest BCUT2D eigenvalue weighted by atomic mass is 9.94. The van der Waals surface area contributed by atoms with Crippen LogP contribution in [0.4, 0.5) is 4.39 Å². The summed E-state index contributed by atoms with van der Waals surface area (Å²) in [5.41, 5.74) is 0.468. The smallest absolute Gasteiger partial charge is 0.191 e. The molecule has 4 nitrogen and oxygen atoms in total. The van der Waals surface area contributed by atoms with E-state index in [1.165, 1.54) is 13.0 Å². The third-order valence-electron chi connectivity index (χ3n) is 3.07. The summed E-state index contributed by atoms with van der Waals surface area (Å²) in [4.78, 5) is 28.1. The van der Waals surface area contributed by atoms with Gasteiger partial charge in [-0.2, -0.15) is 0 Å². The molecule has 0 saturated heterocycles. The highest BCUT2D eigenvalue weighted by molar-refractivity contribution is 6.15. The van der Waals surface area contributed by atoms with E-state index in [-0.39, 0.29) is 11.5 Å². The fourth-order valence-corrected chi connectivity index (χ4v) is 1.97. The highest BCUT2D eigenvalue weighted by atomic mass is 19.1. The van der Waals surface area contributed by atoms with Gasteiger partial charge in [0.05, 0.1) is 17.7 Å². The zero-order valence-electron chi connectivity index (χ0n) is 11.4. The minimum atomic E-state index is -0.885. The molecule has 0 saturated carbocycles. The Kier molecular flexibility index (Phi) is 3.79. The van der Waals surface area contributed by atoms with E-state index in [4.69, 9.17) is 4.42 Å². The van der Waals surface area contributed by atoms with E-state index in [0.29, 0.717) is 17.1 Å². The summed E-state index contributed by atoms with van der Waals surface area (Å²) in [6, 6.07) is 4.03. The van der Waals surface area contributed by atoms with Crippen molar-refractivity contribution >= 4 is 11.6 Å². The molecule has 2 aromatic heterocycles. The van der Waals surface area contributed by atoms with Crippen molar-refractivity contribution in [2.75, 3.05) is 0 Å². The summed E-state index contributed by atoms with van der Waals surface area (Å²) in [5, 5.41) is 0. The van der Waals surface area contributed by atoms with Crippen LogP contribution < -0.4 is 0 Å². The largest absolute Gasteiger partial charge is 0.466 e. The Morgan fingerprint density at radius 3 is 2.45 bits per heavy atom. The van der Waals surface area contributed by atoms with E-state index < -0.39 is 17.5 Å².